The summed E-state index contributed by atoms with van der Waals surface area (Å²) in [6.07, 6.45) is 2.36. The number of ether oxygens (including phenoxy) is 1. The van der Waals surface area contributed by atoms with Crippen LogP contribution in [0.4, 0.5) is 17.1 Å². The summed E-state index contributed by atoms with van der Waals surface area (Å²) in [7, 11) is 0. The van der Waals surface area contributed by atoms with Crippen molar-refractivity contribution in [2.24, 2.45) is 5.10 Å². The van der Waals surface area contributed by atoms with E-state index in [1.807, 2.05) is 32.0 Å². The van der Waals surface area contributed by atoms with Gasteiger partial charge in [-0.2, -0.15) is 5.10 Å². The summed E-state index contributed by atoms with van der Waals surface area (Å²) in [6.45, 7) is 3.96. The fourth-order valence-electron chi connectivity index (χ4n) is 2.05. The highest BCUT2D eigenvalue weighted by molar-refractivity contribution is 5.84. The Balaban J connectivity index is 2.21. The Hall–Kier alpha value is -3.49. The molecule has 0 amide bonds. The Kier molecular flexibility index (Phi) is 6.20. The molecule has 2 aromatic rings. The molecule has 0 heterocycles. The lowest BCUT2D eigenvalue weighted by molar-refractivity contribution is -0.393. The summed E-state index contributed by atoms with van der Waals surface area (Å²) in [5.74, 6) is 0.644. The van der Waals surface area contributed by atoms with Gasteiger partial charge >= 0.3 is 5.69 Å². The van der Waals surface area contributed by atoms with E-state index in [1.54, 1.807) is 6.07 Å². The first kappa shape index (κ1) is 18.8. The molecular formula is C17H18N4O5. The number of non-ortho nitro benzene ring substituents is 1. The molecular weight excluding hydrogens is 340 g/mol. The van der Waals surface area contributed by atoms with Gasteiger partial charge in [-0.05, 0) is 31.5 Å². The van der Waals surface area contributed by atoms with Gasteiger partial charge in [-0.3, -0.25) is 25.7 Å². The number of rotatable bonds is 8. The van der Waals surface area contributed by atoms with Crippen LogP contribution in [0.1, 0.15) is 25.8 Å². The second-order valence-electron chi connectivity index (χ2n) is 5.46. The third kappa shape index (κ3) is 4.76. The molecule has 0 bridgehead atoms. The largest absolute Gasteiger partial charge is 0.490 e. The first-order chi connectivity index (χ1) is 12.4. The number of nitro groups is 2. The predicted molar refractivity (Wildman–Crippen MR) is 97.8 cm³/mol. The molecule has 0 aromatic heterocycles. The zero-order valence-corrected chi connectivity index (χ0v) is 14.3. The van der Waals surface area contributed by atoms with Gasteiger partial charge in [0.1, 0.15) is 11.4 Å². The highest BCUT2D eigenvalue weighted by atomic mass is 16.6. The summed E-state index contributed by atoms with van der Waals surface area (Å²) < 4.78 is 5.80. The normalized spacial score (nSPS) is 11.9. The van der Waals surface area contributed by atoms with E-state index in [-0.39, 0.29) is 17.5 Å². The lowest BCUT2D eigenvalue weighted by Crippen LogP contribution is -2.11. The third-order valence-corrected chi connectivity index (χ3v) is 3.60. The van der Waals surface area contributed by atoms with Gasteiger partial charge in [0.15, 0.2) is 0 Å². The molecule has 2 aromatic carbocycles. The minimum absolute atomic E-state index is 0.0354. The summed E-state index contributed by atoms with van der Waals surface area (Å²) in [5.41, 5.74) is 2.51. The highest BCUT2D eigenvalue weighted by Crippen LogP contribution is 2.29. The van der Waals surface area contributed by atoms with E-state index in [2.05, 4.69) is 10.5 Å². The van der Waals surface area contributed by atoms with E-state index in [0.717, 1.165) is 12.5 Å². The van der Waals surface area contributed by atoms with Crippen LogP contribution in [0.15, 0.2) is 47.6 Å². The van der Waals surface area contributed by atoms with Crippen LogP contribution in [0.5, 0.6) is 5.75 Å². The Morgan fingerprint density at radius 1 is 1.19 bits per heavy atom. The van der Waals surface area contributed by atoms with Gasteiger partial charge in [0.05, 0.1) is 28.2 Å². The average Bonchev–Trinajstić information content (AvgIpc) is 2.62. The smallest absolute Gasteiger partial charge is 0.301 e. The van der Waals surface area contributed by atoms with Crippen LogP contribution in [0.3, 0.4) is 0 Å². The van der Waals surface area contributed by atoms with Crippen molar-refractivity contribution in [3.8, 4) is 5.75 Å². The minimum Gasteiger partial charge on any atom is -0.490 e. The van der Waals surface area contributed by atoms with Crippen molar-refractivity contribution < 1.29 is 14.6 Å². The minimum atomic E-state index is -0.704. The van der Waals surface area contributed by atoms with Crippen molar-refractivity contribution in [1.29, 1.82) is 0 Å². The van der Waals surface area contributed by atoms with Crippen molar-refractivity contribution in [2.75, 3.05) is 5.43 Å². The van der Waals surface area contributed by atoms with Crippen LogP contribution >= 0.6 is 0 Å². The van der Waals surface area contributed by atoms with Crippen LogP contribution in [0, 0.1) is 20.2 Å². The molecule has 26 heavy (non-hydrogen) atoms. The van der Waals surface area contributed by atoms with Gasteiger partial charge in [-0.1, -0.05) is 19.1 Å². The van der Waals surface area contributed by atoms with Gasteiger partial charge in [-0.25, -0.2) is 0 Å². The Bertz CT molecular complexity index is 838. The zero-order valence-electron chi connectivity index (χ0n) is 14.3. The highest BCUT2D eigenvalue weighted by Gasteiger charge is 2.19. The Morgan fingerprint density at radius 2 is 1.92 bits per heavy atom. The van der Waals surface area contributed by atoms with Gasteiger partial charge in [0.2, 0.25) is 0 Å². The summed E-state index contributed by atoms with van der Waals surface area (Å²) in [4.78, 5) is 20.5. The Labute approximate surface area is 149 Å². The molecule has 0 saturated carbocycles. The summed E-state index contributed by atoms with van der Waals surface area (Å²) in [6, 6.07) is 10.6. The van der Waals surface area contributed by atoms with E-state index in [4.69, 9.17) is 4.74 Å². The quantitative estimate of drug-likeness (QED) is 0.430. The van der Waals surface area contributed by atoms with E-state index in [9.17, 15) is 20.2 Å². The lowest BCUT2D eigenvalue weighted by Gasteiger charge is -2.14. The average molecular weight is 358 g/mol. The standard InChI is InChI=1S/C17H18N4O5/c1-3-12(2)26-17-7-5-4-6-13(17)11-18-19-15-9-8-14(20(22)23)10-16(15)21(24)25/h4-12,19H,3H2,1-2H3/b18-11-/t12-/m1/s1. The first-order valence-electron chi connectivity index (χ1n) is 7.90. The van der Waals surface area contributed by atoms with Crippen LogP contribution in [0.25, 0.3) is 0 Å². The van der Waals surface area contributed by atoms with Gasteiger partial charge in [-0.15, -0.1) is 0 Å². The van der Waals surface area contributed by atoms with Gasteiger partial charge in [0.25, 0.3) is 5.69 Å². The van der Waals surface area contributed by atoms with E-state index < -0.39 is 15.5 Å². The topological polar surface area (TPSA) is 120 Å². The van der Waals surface area contributed by atoms with E-state index in [0.29, 0.717) is 11.3 Å². The van der Waals surface area contributed by atoms with Crippen LogP contribution < -0.4 is 10.2 Å². The van der Waals surface area contributed by atoms with Crippen molar-refractivity contribution in [1.82, 2.24) is 0 Å². The molecule has 1 atom stereocenters. The number of para-hydroxylation sites is 1. The SMILES string of the molecule is CC[C@@H](C)Oc1ccccc1/C=N\Nc1ccc([N+](=O)[O-])cc1[N+](=O)[O-]. The number of anilines is 1. The first-order valence-corrected chi connectivity index (χ1v) is 7.90. The second-order valence-corrected chi connectivity index (χ2v) is 5.46. The van der Waals surface area contributed by atoms with Crippen molar-refractivity contribution in [2.45, 2.75) is 26.4 Å². The molecule has 0 radical (unpaired) electrons. The molecule has 0 spiro atoms. The second kappa shape index (κ2) is 8.56. The predicted octanol–water partition coefficient (Wildman–Crippen LogP) is 4.13. The molecule has 0 fully saturated rings. The van der Waals surface area contributed by atoms with Crippen molar-refractivity contribution >= 4 is 23.3 Å². The van der Waals surface area contributed by atoms with Gasteiger partial charge < -0.3 is 4.74 Å². The molecule has 0 aliphatic heterocycles. The maximum Gasteiger partial charge on any atom is 0.301 e. The molecule has 1 N–H and O–H groups in total. The number of hydrogen-bond donors (Lipinski definition) is 1. The van der Waals surface area contributed by atoms with E-state index in [1.165, 1.54) is 18.3 Å². The Morgan fingerprint density at radius 3 is 2.58 bits per heavy atom. The van der Waals surface area contributed by atoms with Crippen LogP contribution in [-0.2, 0) is 0 Å². The fourth-order valence-corrected chi connectivity index (χ4v) is 2.05. The number of hydrazone groups is 1. The van der Waals surface area contributed by atoms with E-state index >= 15 is 0 Å². The molecule has 0 unspecified atom stereocenters. The van der Waals surface area contributed by atoms with Crippen molar-refractivity contribution in [3.05, 3.63) is 68.3 Å². The zero-order chi connectivity index (χ0) is 19.1. The summed E-state index contributed by atoms with van der Waals surface area (Å²) >= 11 is 0. The molecule has 136 valence electrons. The molecule has 9 nitrogen and oxygen atoms in total. The number of nitrogens with zero attached hydrogens (tertiary/aromatic N) is 3. The fraction of sp³-hybridized carbons (Fsp3) is 0.235. The lowest BCUT2D eigenvalue weighted by atomic mass is 10.2. The molecule has 0 saturated heterocycles. The van der Waals surface area contributed by atoms with Crippen LogP contribution in [-0.4, -0.2) is 22.2 Å². The van der Waals surface area contributed by atoms with Gasteiger partial charge in [0, 0.05) is 11.6 Å². The molecule has 0 aliphatic rings. The number of benzene rings is 2. The maximum absolute atomic E-state index is 11.1. The molecule has 0 aliphatic carbocycles. The van der Waals surface area contributed by atoms with Crippen molar-refractivity contribution in [3.63, 3.8) is 0 Å². The molecule has 2 rings (SSSR count). The number of nitro benzene ring substituents is 2. The van der Waals surface area contributed by atoms with Crippen LogP contribution in [0.2, 0.25) is 0 Å². The third-order valence-electron chi connectivity index (χ3n) is 3.60. The molecule has 9 heteroatoms. The number of nitrogens with one attached hydrogen (secondary N) is 1. The number of hydrogen-bond acceptors (Lipinski definition) is 7. The summed E-state index contributed by atoms with van der Waals surface area (Å²) in [5, 5.41) is 25.9. The monoisotopic (exact) mass is 358 g/mol. The maximum atomic E-state index is 11.1.